The van der Waals surface area contributed by atoms with Gasteiger partial charge in [0.1, 0.15) is 0 Å². The van der Waals surface area contributed by atoms with Gasteiger partial charge in [-0.25, -0.2) is 0 Å². The Labute approximate surface area is 125 Å². The number of hydrogen-bond donors (Lipinski definition) is 0. The average molecular weight is 395 g/mol. The van der Waals surface area contributed by atoms with Crippen LogP contribution in [0.5, 0.6) is 0 Å². The molecule has 0 aliphatic carbocycles. The van der Waals surface area contributed by atoms with Gasteiger partial charge in [0.25, 0.3) is 0 Å². The Kier molecular flexibility index (Phi) is 4.08. The molecule has 0 saturated heterocycles. The van der Waals surface area contributed by atoms with Gasteiger partial charge in [-0.05, 0) is 56.5 Å². The standard InChI is InChI=1S/C12H7Br2ClOS/c1-6-7(3-2-4-9(6)15)11(16)8-5-10(13)17-12(8)14/h2-5H,1H3. The van der Waals surface area contributed by atoms with E-state index in [4.69, 9.17) is 11.6 Å². The third-order valence-corrected chi connectivity index (χ3v) is 5.16. The summed E-state index contributed by atoms with van der Waals surface area (Å²) >= 11 is 14.3. The minimum atomic E-state index is -0.0150. The van der Waals surface area contributed by atoms with Crippen LogP contribution in [-0.2, 0) is 0 Å². The molecule has 0 atom stereocenters. The summed E-state index contributed by atoms with van der Waals surface area (Å²) in [7, 11) is 0. The molecule has 17 heavy (non-hydrogen) atoms. The summed E-state index contributed by atoms with van der Waals surface area (Å²) in [6.07, 6.45) is 0. The van der Waals surface area contributed by atoms with E-state index in [1.54, 1.807) is 18.2 Å². The van der Waals surface area contributed by atoms with Gasteiger partial charge in [0, 0.05) is 16.1 Å². The number of carbonyl (C=O) groups is 1. The third-order valence-electron chi connectivity index (χ3n) is 2.41. The summed E-state index contributed by atoms with van der Waals surface area (Å²) < 4.78 is 1.75. The van der Waals surface area contributed by atoms with Crippen LogP contribution in [0.15, 0.2) is 31.8 Å². The Hall–Kier alpha value is -0.160. The van der Waals surface area contributed by atoms with Gasteiger partial charge < -0.3 is 0 Å². The highest BCUT2D eigenvalue weighted by molar-refractivity contribution is 9.12. The number of benzene rings is 1. The van der Waals surface area contributed by atoms with E-state index in [0.29, 0.717) is 16.1 Å². The van der Waals surface area contributed by atoms with E-state index >= 15 is 0 Å². The van der Waals surface area contributed by atoms with Crippen molar-refractivity contribution in [2.75, 3.05) is 0 Å². The highest BCUT2D eigenvalue weighted by Crippen LogP contribution is 2.34. The summed E-state index contributed by atoms with van der Waals surface area (Å²) in [5.74, 6) is -0.0150. The molecule has 0 unspecified atom stereocenters. The van der Waals surface area contributed by atoms with Crippen LogP contribution in [0.2, 0.25) is 5.02 Å². The van der Waals surface area contributed by atoms with Crippen molar-refractivity contribution < 1.29 is 4.79 Å². The largest absolute Gasteiger partial charge is 0.289 e. The van der Waals surface area contributed by atoms with Crippen molar-refractivity contribution in [2.24, 2.45) is 0 Å². The summed E-state index contributed by atoms with van der Waals surface area (Å²) in [4.78, 5) is 12.4. The molecule has 0 radical (unpaired) electrons. The summed E-state index contributed by atoms with van der Waals surface area (Å²) in [5, 5.41) is 0.612. The zero-order valence-electron chi connectivity index (χ0n) is 8.76. The molecule has 1 heterocycles. The summed E-state index contributed by atoms with van der Waals surface area (Å²) in [5.41, 5.74) is 2.11. The Morgan fingerprint density at radius 1 is 1.29 bits per heavy atom. The van der Waals surface area contributed by atoms with E-state index < -0.39 is 0 Å². The minimum Gasteiger partial charge on any atom is -0.289 e. The monoisotopic (exact) mass is 392 g/mol. The lowest BCUT2D eigenvalue weighted by Gasteiger charge is -2.05. The Morgan fingerprint density at radius 2 is 2.00 bits per heavy atom. The summed E-state index contributed by atoms with van der Waals surface area (Å²) in [6, 6.07) is 7.18. The Bertz CT molecular complexity index is 592. The molecule has 0 N–H and O–H groups in total. The molecule has 0 amide bonds. The smallest absolute Gasteiger partial charge is 0.195 e. The molecule has 2 aromatic rings. The van der Waals surface area contributed by atoms with Crippen LogP contribution < -0.4 is 0 Å². The predicted molar refractivity (Wildman–Crippen MR) is 79.3 cm³/mol. The third kappa shape index (κ3) is 2.65. The van der Waals surface area contributed by atoms with E-state index in [1.165, 1.54) is 11.3 Å². The first kappa shape index (κ1) is 13.3. The normalized spacial score (nSPS) is 10.6. The van der Waals surface area contributed by atoms with Gasteiger partial charge in [-0.3, -0.25) is 4.79 Å². The molecule has 88 valence electrons. The summed E-state index contributed by atoms with van der Waals surface area (Å²) in [6.45, 7) is 1.85. The topological polar surface area (TPSA) is 17.1 Å². The van der Waals surface area contributed by atoms with E-state index in [2.05, 4.69) is 31.9 Å². The van der Waals surface area contributed by atoms with Crippen LogP contribution in [0.25, 0.3) is 0 Å². The van der Waals surface area contributed by atoms with Gasteiger partial charge in [-0.2, -0.15) is 0 Å². The fourth-order valence-electron chi connectivity index (χ4n) is 1.49. The predicted octanol–water partition coefficient (Wildman–Crippen LogP) is 5.47. The fourth-order valence-corrected chi connectivity index (χ4v) is 4.46. The zero-order chi connectivity index (χ0) is 12.6. The lowest BCUT2D eigenvalue weighted by molar-refractivity contribution is 0.103. The lowest BCUT2D eigenvalue weighted by atomic mass is 10.0. The molecule has 1 aromatic carbocycles. The van der Waals surface area contributed by atoms with Gasteiger partial charge in [-0.15, -0.1) is 11.3 Å². The maximum Gasteiger partial charge on any atom is 0.195 e. The molecule has 0 fully saturated rings. The highest BCUT2D eigenvalue weighted by atomic mass is 79.9. The molecule has 0 saturated carbocycles. The van der Waals surface area contributed by atoms with Crippen molar-refractivity contribution in [2.45, 2.75) is 6.92 Å². The molecule has 1 aromatic heterocycles. The fraction of sp³-hybridized carbons (Fsp3) is 0.0833. The Balaban J connectivity index is 2.51. The number of ketones is 1. The van der Waals surface area contributed by atoms with E-state index in [1.807, 2.05) is 13.0 Å². The second-order valence-corrected chi connectivity index (χ2v) is 7.64. The molecule has 0 bridgehead atoms. The van der Waals surface area contributed by atoms with Crippen LogP contribution in [0.1, 0.15) is 21.5 Å². The van der Waals surface area contributed by atoms with Crippen LogP contribution in [0, 0.1) is 6.92 Å². The van der Waals surface area contributed by atoms with E-state index in [-0.39, 0.29) is 5.78 Å². The van der Waals surface area contributed by atoms with Crippen molar-refractivity contribution in [3.63, 3.8) is 0 Å². The molecule has 0 spiro atoms. The SMILES string of the molecule is Cc1c(Cl)cccc1C(=O)c1cc(Br)sc1Br. The zero-order valence-corrected chi connectivity index (χ0v) is 13.5. The molecule has 0 aliphatic rings. The number of thiophene rings is 1. The number of halogens is 3. The van der Waals surface area contributed by atoms with Crippen molar-refractivity contribution in [1.82, 2.24) is 0 Å². The van der Waals surface area contributed by atoms with Gasteiger partial charge in [0.2, 0.25) is 0 Å². The molecular formula is C12H7Br2ClOS. The molecule has 1 nitrogen and oxygen atoms in total. The first-order valence-corrected chi connectivity index (χ1v) is 7.53. The van der Waals surface area contributed by atoms with Gasteiger partial charge in [0.15, 0.2) is 5.78 Å². The van der Waals surface area contributed by atoms with E-state index in [9.17, 15) is 4.79 Å². The number of carbonyl (C=O) groups excluding carboxylic acids is 1. The van der Waals surface area contributed by atoms with Crippen molar-refractivity contribution in [1.29, 1.82) is 0 Å². The van der Waals surface area contributed by atoms with Gasteiger partial charge in [0.05, 0.1) is 7.57 Å². The average Bonchev–Trinajstić information content (AvgIpc) is 2.61. The first-order valence-electron chi connectivity index (χ1n) is 4.75. The minimum absolute atomic E-state index is 0.0150. The maximum absolute atomic E-state index is 12.4. The van der Waals surface area contributed by atoms with Gasteiger partial charge >= 0.3 is 0 Å². The molecule has 5 heteroatoms. The lowest BCUT2D eigenvalue weighted by Crippen LogP contribution is -2.03. The highest BCUT2D eigenvalue weighted by Gasteiger charge is 2.18. The molecular weight excluding hydrogens is 387 g/mol. The van der Waals surface area contributed by atoms with Crippen LogP contribution in [-0.4, -0.2) is 5.78 Å². The second kappa shape index (κ2) is 5.22. The van der Waals surface area contributed by atoms with Crippen molar-refractivity contribution >= 4 is 60.6 Å². The second-order valence-electron chi connectivity index (χ2n) is 3.48. The Morgan fingerprint density at radius 3 is 2.59 bits per heavy atom. The van der Waals surface area contributed by atoms with Crippen LogP contribution in [0.4, 0.5) is 0 Å². The maximum atomic E-state index is 12.4. The quantitative estimate of drug-likeness (QED) is 0.618. The molecule has 0 aliphatic heterocycles. The number of hydrogen-bond acceptors (Lipinski definition) is 2. The van der Waals surface area contributed by atoms with Gasteiger partial charge in [-0.1, -0.05) is 23.7 Å². The van der Waals surface area contributed by atoms with Crippen molar-refractivity contribution in [3.05, 3.63) is 53.6 Å². The van der Waals surface area contributed by atoms with Crippen LogP contribution in [0.3, 0.4) is 0 Å². The van der Waals surface area contributed by atoms with E-state index in [0.717, 1.165) is 13.1 Å². The van der Waals surface area contributed by atoms with Crippen molar-refractivity contribution in [3.8, 4) is 0 Å². The van der Waals surface area contributed by atoms with Crippen LogP contribution >= 0.6 is 54.8 Å². The first-order chi connectivity index (χ1) is 8.00. The number of rotatable bonds is 2. The molecule has 2 rings (SSSR count).